The number of aromatic nitrogens is 2. The van der Waals surface area contributed by atoms with Crippen LogP contribution in [0.25, 0.3) is 10.2 Å². The summed E-state index contributed by atoms with van der Waals surface area (Å²) in [6, 6.07) is 5.42. The number of aryl methyl sites for hydroxylation is 2. The Morgan fingerprint density at radius 2 is 2.27 bits per heavy atom. The van der Waals surface area contributed by atoms with Gasteiger partial charge in [0.1, 0.15) is 0 Å². The second-order valence-corrected chi connectivity index (χ2v) is 7.82. The van der Waals surface area contributed by atoms with Crippen LogP contribution in [0, 0.1) is 13.8 Å². The van der Waals surface area contributed by atoms with Crippen molar-refractivity contribution >= 4 is 44.2 Å². The van der Waals surface area contributed by atoms with E-state index in [1.807, 2.05) is 19.1 Å². The van der Waals surface area contributed by atoms with Gasteiger partial charge in [-0.2, -0.15) is 0 Å². The van der Waals surface area contributed by atoms with Crippen LogP contribution in [0.3, 0.4) is 0 Å². The fourth-order valence-corrected chi connectivity index (χ4v) is 4.23. The molecule has 0 radical (unpaired) electrons. The van der Waals surface area contributed by atoms with Gasteiger partial charge in [0.15, 0.2) is 5.13 Å². The molecule has 4 rings (SSSR count). The van der Waals surface area contributed by atoms with Gasteiger partial charge in [-0.1, -0.05) is 28.1 Å². The summed E-state index contributed by atoms with van der Waals surface area (Å²) in [6.45, 7) is 4.88. The standard InChI is InChI=1S/C18H18ClN3O3S/c1-10-8-14(25-21-10)17(23)22(9-12-4-3-7-24-12)18-20-16-11(2)13(19)5-6-15(16)26-18/h5-6,8,12H,3-4,7,9H2,1-2H3/t12-/m1/s1. The maximum absolute atomic E-state index is 13.1. The van der Waals surface area contributed by atoms with Crippen LogP contribution in [0.1, 0.15) is 34.7 Å². The molecule has 1 aliphatic heterocycles. The average Bonchev–Trinajstić information content (AvgIpc) is 3.36. The fraction of sp³-hybridized carbons (Fsp3) is 0.389. The monoisotopic (exact) mass is 391 g/mol. The van der Waals surface area contributed by atoms with E-state index in [1.165, 1.54) is 11.3 Å². The van der Waals surface area contributed by atoms with Crippen molar-refractivity contribution in [3.8, 4) is 0 Å². The minimum atomic E-state index is -0.260. The van der Waals surface area contributed by atoms with Crippen LogP contribution >= 0.6 is 22.9 Å². The van der Waals surface area contributed by atoms with Crippen molar-refractivity contribution in [2.75, 3.05) is 18.1 Å². The highest BCUT2D eigenvalue weighted by Gasteiger charge is 2.29. The molecule has 1 fully saturated rings. The van der Waals surface area contributed by atoms with Crippen LogP contribution in [0.5, 0.6) is 0 Å². The molecule has 1 amide bonds. The Bertz CT molecular complexity index is 962. The predicted molar refractivity (Wildman–Crippen MR) is 101 cm³/mol. The van der Waals surface area contributed by atoms with E-state index in [1.54, 1.807) is 17.9 Å². The van der Waals surface area contributed by atoms with Gasteiger partial charge >= 0.3 is 0 Å². The van der Waals surface area contributed by atoms with Crippen molar-refractivity contribution in [1.29, 1.82) is 0 Å². The van der Waals surface area contributed by atoms with E-state index in [-0.39, 0.29) is 17.8 Å². The molecular formula is C18H18ClN3O3S. The summed E-state index contributed by atoms with van der Waals surface area (Å²) < 4.78 is 11.9. The number of halogens is 1. The van der Waals surface area contributed by atoms with Gasteiger partial charge in [0.05, 0.1) is 28.6 Å². The van der Waals surface area contributed by atoms with Gasteiger partial charge in [-0.15, -0.1) is 0 Å². The summed E-state index contributed by atoms with van der Waals surface area (Å²) in [5, 5.41) is 5.10. The summed E-state index contributed by atoms with van der Waals surface area (Å²) in [7, 11) is 0. The quantitative estimate of drug-likeness (QED) is 0.660. The summed E-state index contributed by atoms with van der Waals surface area (Å²) in [6.07, 6.45) is 1.93. The van der Waals surface area contributed by atoms with Gasteiger partial charge < -0.3 is 9.26 Å². The number of fused-ring (bicyclic) bond motifs is 1. The lowest BCUT2D eigenvalue weighted by atomic mass is 10.2. The van der Waals surface area contributed by atoms with Crippen LogP contribution in [-0.2, 0) is 4.74 Å². The number of rotatable bonds is 4. The third kappa shape index (κ3) is 3.22. The minimum Gasteiger partial charge on any atom is -0.376 e. The first kappa shape index (κ1) is 17.5. The Labute approximate surface area is 159 Å². The molecular weight excluding hydrogens is 374 g/mol. The topological polar surface area (TPSA) is 68.5 Å². The van der Waals surface area contributed by atoms with Gasteiger partial charge in [-0.3, -0.25) is 9.69 Å². The zero-order valence-corrected chi connectivity index (χ0v) is 16.1. The van der Waals surface area contributed by atoms with Crippen LogP contribution in [0.4, 0.5) is 5.13 Å². The van der Waals surface area contributed by atoms with Crippen molar-refractivity contribution in [3.63, 3.8) is 0 Å². The first-order valence-electron chi connectivity index (χ1n) is 8.45. The maximum atomic E-state index is 13.1. The Morgan fingerprint density at radius 1 is 1.42 bits per heavy atom. The molecule has 0 aliphatic carbocycles. The number of hydrogen-bond acceptors (Lipinski definition) is 6. The van der Waals surface area contributed by atoms with E-state index in [2.05, 4.69) is 5.16 Å². The Morgan fingerprint density at radius 3 is 2.96 bits per heavy atom. The molecule has 0 N–H and O–H groups in total. The van der Waals surface area contributed by atoms with Gasteiger partial charge in [-0.25, -0.2) is 4.98 Å². The van der Waals surface area contributed by atoms with Crippen molar-refractivity contribution < 1.29 is 14.1 Å². The summed E-state index contributed by atoms with van der Waals surface area (Å²) >= 11 is 7.68. The lowest BCUT2D eigenvalue weighted by Gasteiger charge is -2.21. The number of amides is 1. The van der Waals surface area contributed by atoms with E-state index in [0.29, 0.717) is 22.4 Å². The maximum Gasteiger partial charge on any atom is 0.298 e. The normalized spacial score (nSPS) is 17.1. The summed E-state index contributed by atoms with van der Waals surface area (Å²) in [5.74, 6) is -0.0570. The molecule has 1 atom stereocenters. The molecule has 0 spiro atoms. The SMILES string of the molecule is Cc1cc(C(=O)N(C[C@H]2CCCO2)c2nc3c(C)c(Cl)ccc3s2)on1. The van der Waals surface area contributed by atoms with Gasteiger partial charge in [0.25, 0.3) is 5.91 Å². The van der Waals surface area contributed by atoms with E-state index in [0.717, 1.165) is 35.2 Å². The van der Waals surface area contributed by atoms with E-state index < -0.39 is 0 Å². The summed E-state index contributed by atoms with van der Waals surface area (Å²) in [5.41, 5.74) is 2.39. The number of carbonyl (C=O) groups excluding carboxylic acids is 1. The Balaban J connectivity index is 1.74. The lowest BCUT2D eigenvalue weighted by Crippen LogP contribution is -2.37. The number of thiazole rings is 1. The van der Waals surface area contributed by atoms with Crippen molar-refractivity contribution in [3.05, 3.63) is 40.2 Å². The second kappa shape index (κ2) is 6.98. The molecule has 1 aliphatic rings. The number of ether oxygens (including phenoxy) is 1. The first-order valence-corrected chi connectivity index (χ1v) is 9.65. The highest BCUT2D eigenvalue weighted by Crippen LogP contribution is 2.34. The smallest absolute Gasteiger partial charge is 0.298 e. The average molecular weight is 392 g/mol. The minimum absolute atomic E-state index is 0.000310. The highest BCUT2D eigenvalue weighted by molar-refractivity contribution is 7.22. The molecule has 3 aromatic rings. The van der Waals surface area contributed by atoms with Crippen molar-refractivity contribution in [2.24, 2.45) is 0 Å². The van der Waals surface area contributed by atoms with E-state index >= 15 is 0 Å². The van der Waals surface area contributed by atoms with Gasteiger partial charge in [0.2, 0.25) is 5.76 Å². The zero-order chi connectivity index (χ0) is 18.3. The molecule has 0 saturated carbocycles. The molecule has 136 valence electrons. The van der Waals surface area contributed by atoms with Crippen molar-refractivity contribution in [1.82, 2.24) is 10.1 Å². The number of nitrogens with zero attached hydrogens (tertiary/aromatic N) is 3. The number of anilines is 1. The van der Waals surface area contributed by atoms with Gasteiger partial charge in [-0.05, 0) is 44.4 Å². The fourth-order valence-electron chi connectivity index (χ4n) is 3.04. The van der Waals surface area contributed by atoms with Crippen molar-refractivity contribution in [2.45, 2.75) is 32.8 Å². The third-order valence-corrected chi connectivity index (χ3v) is 5.91. The zero-order valence-electron chi connectivity index (χ0n) is 14.5. The van der Waals surface area contributed by atoms with E-state index in [9.17, 15) is 4.79 Å². The molecule has 0 unspecified atom stereocenters. The molecule has 1 aromatic carbocycles. The van der Waals surface area contributed by atoms with Crippen LogP contribution in [0.2, 0.25) is 5.02 Å². The molecule has 3 heterocycles. The first-order chi connectivity index (χ1) is 12.5. The lowest BCUT2D eigenvalue weighted by molar-refractivity contribution is 0.0887. The van der Waals surface area contributed by atoms with Crippen LogP contribution < -0.4 is 4.90 Å². The Kier molecular flexibility index (Phi) is 4.69. The molecule has 8 heteroatoms. The van der Waals surface area contributed by atoms with Crippen LogP contribution in [0.15, 0.2) is 22.7 Å². The molecule has 0 bridgehead atoms. The predicted octanol–water partition coefficient (Wildman–Crippen LogP) is 4.38. The third-order valence-electron chi connectivity index (χ3n) is 4.46. The number of carbonyl (C=O) groups is 1. The second-order valence-electron chi connectivity index (χ2n) is 6.40. The summed E-state index contributed by atoms with van der Waals surface area (Å²) in [4.78, 5) is 19.4. The molecule has 26 heavy (non-hydrogen) atoms. The van der Waals surface area contributed by atoms with Crippen LogP contribution in [-0.4, -0.2) is 35.3 Å². The largest absolute Gasteiger partial charge is 0.376 e. The number of hydrogen-bond donors (Lipinski definition) is 0. The molecule has 1 saturated heterocycles. The molecule has 6 nitrogen and oxygen atoms in total. The Hall–Kier alpha value is -1.96. The number of benzene rings is 1. The van der Waals surface area contributed by atoms with Gasteiger partial charge in [0, 0.05) is 17.7 Å². The molecule has 2 aromatic heterocycles. The van der Waals surface area contributed by atoms with E-state index in [4.69, 9.17) is 25.8 Å². The highest BCUT2D eigenvalue weighted by atomic mass is 35.5.